The van der Waals surface area contributed by atoms with Crippen molar-refractivity contribution in [2.75, 3.05) is 18.4 Å². The van der Waals surface area contributed by atoms with Gasteiger partial charge in [0.05, 0.1) is 0 Å². The second-order valence-electron chi connectivity index (χ2n) is 5.15. The van der Waals surface area contributed by atoms with Crippen molar-refractivity contribution in [2.45, 2.75) is 26.7 Å². The predicted octanol–water partition coefficient (Wildman–Crippen LogP) is 3.66. The number of thiazole rings is 1. The first kappa shape index (κ1) is 17.1. The van der Waals surface area contributed by atoms with Crippen molar-refractivity contribution in [3.05, 3.63) is 47.0 Å². The van der Waals surface area contributed by atoms with E-state index in [2.05, 4.69) is 10.3 Å². The Balaban J connectivity index is 2.05. The number of hydrogen-bond donors (Lipinski definition) is 1. The van der Waals surface area contributed by atoms with Gasteiger partial charge in [0.1, 0.15) is 5.69 Å². The van der Waals surface area contributed by atoms with E-state index in [4.69, 9.17) is 0 Å². The molecule has 6 heteroatoms. The lowest BCUT2D eigenvalue weighted by Crippen LogP contribution is -2.32. The van der Waals surface area contributed by atoms with E-state index in [-0.39, 0.29) is 11.8 Å². The molecule has 0 saturated carbocycles. The molecule has 0 bridgehead atoms. The van der Waals surface area contributed by atoms with Crippen molar-refractivity contribution in [2.24, 2.45) is 0 Å². The molecule has 0 unspecified atom stereocenters. The summed E-state index contributed by atoms with van der Waals surface area (Å²) in [5, 5.41) is 4.87. The van der Waals surface area contributed by atoms with Gasteiger partial charge >= 0.3 is 0 Å². The summed E-state index contributed by atoms with van der Waals surface area (Å²) < 4.78 is 0. The number of benzene rings is 1. The molecule has 1 aromatic carbocycles. The molecule has 2 aromatic rings. The molecule has 23 heavy (non-hydrogen) atoms. The van der Waals surface area contributed by atoms with Crippen LogP contribution in [0, 0.1) is 0 Å². The SMILES string of the molecule is CCCN(CCC)C(=O)c1csc(NC(=O)c2ccccc2)n1. The predicted molar refractivity (Wildman–Crippen MR) is 93.0 cm³/mol. The minimum absolute atomic E-state index is 0.0786. The first-order chi connectivity index (χ1) is 11.2. The molecule has 0 atom stereocenters. The molecule has 1 aromatic heterocycles. The van der Waals surface area contributed by atoms with Crippen LogP contribution in [-0.2, 0) is 0 Å². The molecule has 1 N–H and O–H groups in total. The molecule has 2 amide bonds. The first-order valence-electron chi connectivity index (χ1n) is 7.76. The maximum absolute atomic E-state index is 12.5. The number of nitrogens with zero attached hydrogens (tertiary/aromatic N) is 2. The van der Waals surface area contributed by atoms with Gasteiger partial charge < -0.3 is 4.90 Å². The Morgan fingerprint density at radius 2 is 1.78 bits per heavy atom. The maximum Gasteiger partial charge on any atom is 0.273 e. The third kappa shape index (κ3) is 4.63. The van der Waals surface area contributed by atoms with Crippen LogP contribution in [0.25, 0.3) is 0 Å². The van der Waals surface area contributed by atoms with Crippen LogP contribution in [0.3, 0.4) is 0 Å². The summed E-state index contributed by atoms with van der Waals surface area (Å²) in [5.41, 5.74) is 0.953. The van der Waals surface area contributed by atoms with Crippen LogP contribution in [0.4, 0.5) is 5.13 Å². The monoisotopic (exact) mass is 331 g/mol. The Morgan fingerprint density at radius 1 is 1.13 bits per heavy atom. The molecule has 0 spiro atoms. The lowest BCUT2D eigenvalue weighted by atomic mass is 10.2. The van der Waals surface area contributed by atoms with Gasteiger partial charge in [-0.05, 0) is 25.0 Å². The van der Waals surface area contributed by atoms with Crippen molar-refractivity contribution in [1.82, 2.24) is 9.88 Å². The van der Waals surface area contributed by atoms with Gasteiger partial charge in [-0.3, -0.25) is 14.9 Å². The zero-order chi connectivity index (χ0) is 16.7. The van der Waals surface area contributed by atoms with Gasteiger partial charge in [0.15, 0.2) is 5.13 Å². The minimum atomic E-state index is -0.224. The van der Waals surface area contributed by atoms with E-state index in [9.17, 15) is 9.59 Å². The maximum atomic E-state index is 12.5. The number of carbonyl (C=O) groups is 2. The van der Waals surface area contributed by atoms with Crippen LogP contribution >= 0.6 is 11.3 Å². The molecule has 1 heterocycles. The number of nitrogens with one attached hydrogen (secondary N) is 1. The third-order valence-corrected chi connectivity index (χ3v) is 4.01. The summed E-state index contributed by atoms with van der Waals surface area (Å²) in [6.07, 6.45) is 1.82. The third-order valence-electron chi connectivity index (χ3n) is 3.25. The molecule has 0 aliphatic rings. The Kier molecular flexibility index (Phi) is 6.29. The first-order valence-corrected chi connectivity index (χ1v) is 8.64. The average Bonchev–Trinajstić information content (AvgIpc) is 3.03. The van der Waals surface area contributed by atoms with Crippen LogP contribution < -0.4 is 5.32 Å². The molecule has 5 nitrogen and oxygen atoms in total. The van der Waals surface area contributed by atoms with Gasteiger partial charge in [0.2, 0.25) is 0 Å². The molecule has 0 saturated heterocycles. The average molecular weight is 331 g/mol. The largest absolute Gasteiger partial charge is 0.337 e. The summed E-state index contributed by atoms with van der Waals surface area (Å²) in [7, 11) is 0. The molecule has 0 aliphatic heterocycles. The quantitative estimate of drug-likeness (QED) is 0.842. The molecule has 122 valence electrons. The second-order valence-corrected chi connectivity index (χ2v) is 6.01. The zero-order valence-corrected chi connectivity index (χ0v) is 14.2. The van der Waals surface area contributed by atoms with E-state index < -0.39 is 0 Å². The van der Waals surface area contributed by atoms with E-state index in [1.54, 1.807) is 34.5 Å². The van der Waals surface area contributed by atoms with E-state index in [0.717, 1.165) is 25.9 Å². The van der Waals surface area contributed by atoms with E-state index in [0.29, 0.717) is 16.4 Å². The van der Waals surface area contributed by atoms with Gasteiger partial charge in [-0.25, -0.2) is 4.98 Å². The fraction of sp³-hybridized carbons (Fsp3) is 0.353. The fourth-order valence-corrected chi connectivity index (χ4v) is 2.88. The number of amides is 2. The molecule has 0 fully saturated rings. The molecule has 2 rings (SSSR count). The van der Waals surface area contributed by atoms with Gasteiger partial charge in [0, 0.05) is 24.0 Å². The highest BCUT2D eigenvalue weighted by atomic mass is 32.1. The molecular formula is C17H21N3O2S. The summed E-state index contributed by atoms with van der Waals surface area (Å²) in [5.74, 6) is -0.303. The van der Waals surface area contributed by atoms with Crippen molar-refractivity contribution in [3.8, 4) is 0 Å². The van der Waals surface area contributed by atoms with Crippen molar-refractivity contribution in [1.29, 1.82) is 0 Å². The smallest absolute Gasteiger partial charge is 0.273 e. The standard InChI is InChI=1S/C17H21N3O2S/c1-3-10-20(11-4-2)16(22)14-12-23-17(18-14)19-15(21)13-8-6-5-7-9-13/h5-9,12H,3-4,10-11H2,1-2H3,(H,18,19,21). The number of rotatable bonds is 7. The Hall–Kier alpha value is -2.21. The number of carbonyl (C=O) groups excluding carboxylic acids is 2. The Bertz CT molecular complexity index is 649. The number of anilines is 1. The lowest BCUT2D eigenvalue weighted by molar-refractivity contribution is 0.0750. The van der Waals surface area contributed by atoms with Gasteiger partial charge in [-0.15, -0.1) is 11.3 Å². The summed E-state index contributed by atoms with van der Waals surface area (Å²) >= 11 is 1.26. The van der Waals surface area contributed by atoms with Crippen LogP contribution in [0.5, 0.6) is 0 Å². The summed E-state index contributed by atoms with van der Waals surface area (Å²) in [4.78, 5) is 30.6. The number of hydrogen-bond acceptors (Lipinski definition) is 4. The van der Waals surface area contributed by atoms with Crippen molar-refractivity contribution >= 4 is 28.3 Å². The topological polar surface area (TPSA) is 62.3 Å². The number of aromatic nitrogens is 1. The van der Waals surface area contributed by atoms with Crippen molar-refractivity contribution < 1.29 is 9.59 Å². The van der Waals surface area contributed by atoms with Crippen LogP contribution in [0.1, 0.15) is 47.5 Å². The Morgan fingerprint density at radius 3 is 2.39 bits per heavy atom. The molecular weight excluding hydrogens is 310 g/mol. The lowest BCUT2D eigenvalue weighted by Gasteiger charge is -2.20. The van der Waals surface area contributed by atoms with Gasteiger partial charge in [-0.2, -0.15) is 0 Å². The summed E-state index contributed by atoms with van der Waals surface area (Å²) in [6.45, 7) is 5.52. The zero-order valence-electron chi connectivity index (χ0n) is 13.4. The normalized spacial score (nSPS) is 10.3. The molecule has 0 aliphatic carbocycles. The molecule has 0 radical (unpaired) electrons. The van der Waals surface area contributed by atoms with Gasteiger partial charge in [0.25, 0.3) is 11.8 Å². The summed E-state index contributed by atoms with van der Waals surface area (Å²) in [6, 6.07) is 8.93. The van der Waals surface area contributed by atoms with Gasteiger partial charge in [-0.1, -0.05) is 32.0 Å². The second kappa shape index (κ2) is 8.43. The highest BCUT2D eigenvalue weighted by Crippen LogP contribution is 2.18. The van der Waals surface area contributed by atoms with Crippen LogP contribution in [0.15, 0.2) is 35.7 Å². The van der Waals surface area contributed by atoms with Crippen LogP contribution in [-0.4, -0.2) is 34.8 Å². The van der Waals surface area contributed by atoms with E-state index >= 15 is 0 Å². The van der Waals surface area contributed by atoms with E-state index in [1.807, 2.05) is 19.9 Å². The van der Waals surface area contributed by atoms with Crippen LogP contribution in [0.2, 0.25) is 0 Å². The van der Waals surface area contributed by atoms with Crippen molar-refractivity contribution in [3.63, 3.8) is 0 Å². The Labute approximate surface area is 140 Å². The minimum Gasteiger partial charge on any atom is -0.337 e. The highest BCUT2D eigenvalue weighted by molar-refractivity contribution is 7.14. The highest BCUT2D eigenvalue weighted by Gasteiger charge is 2.18. The van der Waals surface area contributed by atoms with E-state index in [1.165, 1.54) is 11.3 Å². The fourth-order valence-electron chi connectivity index (χ4n) is 2.20.